The van der Waals surface area contributed by atoms with Crippen molar-refractivity contribution in [1.29, 1.82) is 0 Å². The van der Waals surface area contributed by atoms with Crippen LogP contribution in [0, 0.1) is 24.7 Å². The smallest absolute Gasteiger partial charge is 0.224 e. The van der Waals surface area contributed by atoms with Crippen molar-refractivity contribution < 1.29 is 4.79 Å². The van der Waals surface area contributed by atoms with Crippen LogP contribution in [-0.4, -0.2) is 16.4 Å². The van der Waals surface area contributed by atoms with E-state index < -0.39 is 0 Å². The molecule has 0 spiro atoms. The number of amides is 1. The lowest BCUT2D eigenvalue weighted by Crippen LogP contribution is -2.54. The Bertz CT molecular complexity index is 837. The molecule has 4 aliphatic rings. The van der Waals surface area contributed by atoms with E-state index in [4.69, 9.17) is 0 Å². The summed E-state index contributed by atoms with van der Waals surface area (Å²) >= 11 is 0. The van der Waals surface area contributed by atoms with Crippen molar-refractivity contribution in [3.63, 3.8) is 0 Å². The molecule has 0 radical (unpaired) electrons. The van der Waals surface area contributed by atoms with Gasteiger partial charge in [0.2, 0.25) is 5.91 Å². The quantitative estimate of drug-likeness (QED) is 0.701. The molecule has 0 atom stereocenters. The fourth-order valence-electron chi connectivity index (χ4n) is 6.31. The highest BCUT2D eigenvalue weighted by Crippen LogP contribution is 2.56. The third-order valence-electron chi connectivity index (χ3n) is 7.24. The van der Waals surface area contributed by atoms with Crippen molar-refractivity contribution in [1.82, 2.24) is 4.98 Å². The average molecular weight is 390 g/mol. The van der Waals surface area contributed by atoms with Crippen molar-refractivity contribution in [2.75, 3.05) is 10.6 Å². The molecule has 2 aromatic rings. The van der Waals surface area contributed by atoms with Crippen molar-refractivity contribution in [2.45, 2.75) is 63.8 Å². The number of rotatable bonds is 6. The molecule has 1 aromatic carbocycles. The summed E-state index contributed by atoms with van der Waals surface area (Å²) in [6.07, 6.45) is 11.3. The number of aromatic nitrogens is 1. The van der Waals surface area contributed by atoms with E-state index in [9.17, 15) is 4.79 Å². The Kier molecular flexibility index (Phi) is 4.81. The first-order valence-corrected chi connectivity index (χ1v) is 11.1. The van der Waals surface area contributed by atoms with E-state index in [-0.39, 0.29) is 11.4 Å². The number of nitrogens with one attached hydrogen (secondary N) is 2. The minimum Gasteiger partial charge on any atom is -0.365 e. The molecule has 1 aromatic heterocycles. The van der Waals surface area contributed by atoms with Gasteiger partial charge in [-0.05, 0) is 87.3 Å². The second-order valence-electron chi connectivity index (χ2n) is 9.79. The maximum atomic E-state index is 12.3. The van der Waals surface area contributed by atoms with Crippen molar-refractivity contribution in [3.8, 4) is 0 Å². The standard InChI is InChI=1S/C25H31N3O/c1-17-2-4-18(5-3-17)6-9-24(29)27-22-7-8-23(26-16-22)28-25-13-19-10-20(14-25)12-21(11-19)15-25/h2-5,7-8,16,19-21H,6,9-15H2,1H3,(H,26,28)(H,27,29). The number of hydrogen-bond acceptors (Lipinski definition) is 3. The van der Waals surface area contributed by atoms with E-state index in [2.05, 4.69) is 46.8 Å². The third kappa shape index (κ3) is 4.17. The Morgan fingerprint density at radius 2 is 1.66 bits per heavy atom. The number of carbonyl (C=O) groups excluding carboxylic acids is 1. The number of benzene rings is 1. The predicted octanol–water partition coefficient (Wildman–Crippen LogP) is 5.34. The molecule has 4 heteroatoms. The van der Waals surface area contributed by atoms with Gasteiger partial charge in [-0.1, -0.05) is 29.8 Å². The lowest BCUT2D eigenvalue weighted by molar-refractivity contribution is -0.116. The van der Waals surface area contributed by atoms with E-state index in [0.717, 1.165) is 35.7 Å². The highest BCUT2D eigenvalue weighted by molar-refractivity contribution is 5.90. The molecular weight excluding hydrogens is 358 g/mol. The molecule has 4 aliphatic carbocycles. The van der Waals surface area contributed by atoms with Crippen LogP contribution in [0.1, 0.15) is 56.1 Å². The second-order valence-corrected chi connectivity index (χ2v) is 9.79. The zero-order valence-corrected chi connectivity index (χ0v) is 17.3. The van der Waals surface area contributed by atoms with Crippen LogP contribution in [-0.2, 0) is 11.2 Å². The fourth-order valence-corrected chi connectivity index (χ4v) is 6.31. The zero-order chi connectivity index (χ0) is 19.8. The van der Waals surface area contributed by atoms with Crippen LogP contribution in [0.3, 0.4) is 0 Å². The van der Waals surface area contributed by atoms with Gasteiger partial charge in [0.1, 0.15) is 5.82 Å². The highest BCUT2D eigenvalue weighted by Gasteiger charge is 2.51. The predicted molar refractivity (Wildman–Crippen MR) is 117 cm³/mol. The number of hydrogen-bond donors (Lipinski definition) is 2. The van der Waals surface area contributed by atoms with Gasteiger partial charge >= 0.3 is 0 Å². The lowest BCUT2D eigenvalue weighted by atomic mass is 9.53. The van der Waals surface area contributed by atoms with Crippen LogP contribution < -0.4 is 10.6 Å². The van der Waals surface area contributed by atoms with Gasteiger partial charge in [-0.15, -0.1) is 0 Å². The summed E-state index contributed by atoms with van der Waals surface area (Å²) in [6.45, 7) is 2.07. The fraction of sp³-hybridized carbons (Fsp3) is 0.520. The highest BCUT2D eigenvalue weighted by atomic mass is 16.1. The molecule has 2 N–H and O–H groups in total. The van der Waals surface area contributed by atoms with E-state index in [1.54, 1.807) is 6.20 Å². The Balaban J connectivity index is 1.15. The lowest BCUT2D eigenvalue weighted by Gasteiger charge is -2.57. The summed E-state index contributed by atoms with van der Waals surface area (Å²) in [6, 6.07) is 12.4. The Labute approximate surface area is 173 Å². The van der Waals surface area contributed by atoms with Gasteiger partial charge in [0, 0.05) is 12.0 Å². The summed E-state index contributed by atoms with van der Waals surface area (Å²) in [7, 11) is 0. The van der Waals surface area contributed by atoms with E-state index in [1.165, 1.54) is 49.7 Å². The SMILES string of the molecule is Cc1ccc(CCC(=O)Nc2ccc(NC34CC5CC(CC(C5)C3)C4)nc2)cc1. The molecule has 4 bridgehead atoms. The molecule has 0 unspecified atom stereocenters. The molecule has 152 valence electrons. The van der Waals surface area contributed by atoms with Crippen LogP contribution in [0.15, 0.2) is 42.6 Å². The molecule has 1 amide bonds. The average Bonchev–Trinajstić information content (AvgIpc) is 2.68. The van der Waals surface area contributed by atoms with Crippen LogP contribution in [0.2, 0.25) is 0 Å². The van der Waals surface area contributed by atoms with Gasteiger partial charge in [-0.3, -0.25) is 4.79 Å². The molecule has 0 saturated heterocycles. The monoisotopic (exact) mass is 389 g/mol. The topological polar surface area (TPSA) is 54.0 Å². The second kappa shape index (κ2) is 7.47. The third-order valence-corrected chi connectivity index (χ3v) is 7.24. The summed E-state index contributed by atoms with van der Waals surface area (Å²) in [4.78, 5) is 16.9. The molecular formula is C25H31N3O. The first-order valence-electron chi connectivity index (χ1n) is 11.1. The van der Waals surface area contributed by atoms with Crippen molar-refractivity contribution in [3.05, 3.63) is 53.7 Å². The van der Waals surface area contributed by atoms with Crippen molar-refractivity contribution in [2.24, 2.45) is 17.8 Å². The maximum absolute atomic E-state index is 12.3. The van der Waals surface area contributed by atoms with Crippen LogP contribution >= 0.6 is 0 Å². The van der Waals surface area contributed by atoms with Gasteiger partial charge in [-0.25, -0.2) is 4.98 Å². The number of pyridine rings is 1. The molecule has 29 heavy (non-hydrogen) atoms. The summed E-state index contributed by atoms with van der Waals surface area (Å²) in [5.41, 5.74) is 3.47. The first kappa shape index (κ1) is 18.7. The molecule has 6 rings (SSSR count). The summed E-state index contributed by atoms with van der Waals surface area (Å²) in [5.74, 6) is 3.74. The minimum absolute atomic E-state index is 0.0363. The Morgan fingerprint density at radius 3 is 2.24 bits per heavy atom. The van der Waals surface area contributed by atoms with Crippen LogP contribution in [0.25, 0.3) is 0 Å². The van der Waals surface area contributed by atoms with Gasteiger partial charge < -0.3 is 10.6 Å². The van der Waals surface area contributed by atoms with Crippen molar-refractivity contribution >= 4 is 17.4 Å². The normalized spacial score (nSPS) is 29.6. The van der Waals surface area contributed by atoms with Gasteiger partial charge in [0.05, 0.1) is 11.9 Å². The molecule has 4 fully saturated rings. The van der Waals surface area contributed by atoms with Gasteiger partial charge in [-0.2, -0.15) is 0 Å². The van der Waals surface area contributed by atoms with E-state index in [1.807, 2.05) is 12.1 Å². The number of carbonyl (C=O) groups is 1. The Morgan fingerprint density at radius 1 is 1.00 bits per heavy atom. The maximum Gasteiger partial charge on any atom is 0.224 e. The zero-order valence-electron chi connectivity index (χ0n) is 17.3. The molecule has 1 heterocycles. The largest absolute Gasteiger partial charge is 0.365 e. The summed E-state index contributed by atoms with van der Waals surface area (Å²) < 4.78 is 0. The molecule has 0 aliphatic heterocycles. The summed E-state index contributed by atoms with van der Waals surface area (Å²) in [5, 5.41) is 6.78. The molecule has 4 nitrogen and oxygen atoms in total. The Hall–Kier alpha value is -2.36. The number of anilines is 2. The van der Waals surface area contributed by atoms with Crippen LogP contribution in [0.5, 0.6) is 0 Å². The van der Waals surface area contributed by atoms with Gasteiger partial charge in [0.25, 0.3) is 0 Å². The number of aryl methyl sites for hydroxylation is 2. The number of nitrogens with zero attached hydrogens (tertiary/aromatic N) is 1. The molecule has 4 saturated carbocycles. The van der Waals surface area contributed by atoms with E-state index >= 15 is 0 Å². The first-order chi connectivity index (χ1) is 14.1. The minimum atomic E-state index is 0.0363. The van der Waals surface area contributed by atoms with Gasteiger partial charge in [0.15, 0.2) is 0 Å². The van der Waals surface area contributed by atoms with Crippen LogP contribution in [0.4, 0.5) is 11.5 Å². The van der Waals surface area contributed by atoms with E-state index in [0.29, 0.717) is 6.42 Å².